The molecule has 0 heterocycles. The van der Waals surface area contributed by atoms with Crippen LogP contribution in [0, 0.1) is 0 Å². The van der Waals surface area contributed by atoms with Gasteiger partial charge in [-0.25, -0.2) is 0 Å². The third kappa shape index (κ3) is 1.72. The summed E-state index contributed by atoms with van der Waals surface area (Å²) in [7, 11) is 1.63. The molecule has 1 nitrogen and oxygen atoms in total. The lowest BCUT2D eigenvalue weighted by molar-refractivity contribution is 0.414. The summed E-state index contributed by atoms with van der Waals surface area (Å²) in [4.78, 5) is 0. The first-order valence-corrected chi connectivity index (χ1v) is 4.37. The van der Waals surface area contributed by atoms with E-state index in [0.717, 1.165) is 16.3 Å². The Hall–Kier alpha value is -0.690. The monoisotopic (exact) mass is 184 g/mol. The fourth-order valence-corrected chi connectivity index (χ4v) is 1.55. The molecule has 66 valence electrons. The van der Waals surface area contributed by atoms with E-state index in [-0.39, 0.29) is 0 Å². The molecule has 0 N–H and O–H groups in total. The van der Waals surface area contributed by atoms with Gasteiger partial charge in [0.15, 0.2) is 0 Å². The number of methoxy groups -OCH3 is 1. The molecular weight excluding hydrogens is 172 g/mol. The van der Waals surface area contributed by atoms with Gasteiger partial charge < -0.3 is 4.74 Å². The zero-order valence-corrected chi connectivity index (χ0v) is 8.35. The van der Waals surface area contributed by atoms with Gasteiger partial charge in [0.25, 0.3) is 0 Å². The zero-order chi connectivity index (χ0) is 9.14. The topological polar surface area (TPSA) is 9.23 Å². The number of hydrogen-bond acceptors (Lipinski definition) is 1. The van der Waals surface area contributed by atoms with Crippen LogP contribution in [-0.2, 0) is 0 Å². The van der Waals surface area contributed by atoms with Crippen LogP contribution in [0.4, 0.5) is 0 Å². The van der Waals surface area contributed by atoms with Crippen molar-refractivity contribution >= 4 is 11.6 Å². The summed E-state index contributed by atoms with van der Waals surface area (Å²) < 4.78 is 5.10. The van der Waals surface area contributed by atoms with Crippen molar-refractivity contribution < 1.29 is 4.74 Å². The first kappa shape index (κ1) is 9.40. The molecule has 0 aromatic heterocycles. The van der Waals surface area contributed by atoms with E-state index >= 15 is 0 Å². The summed E-state index contributed by atoms with van der Waals surface area (Å²) in [5.74, 6) is 1.19. The smallest absolute Gasteiger partial charge is 0.137 e. The third-order valence-electron chi connectivity index (χ3n) is 1.84. The van der Waals surface area contributed by atoms with E-state index in [9.17, 15) is 0 Å². The van der Waals surface area contributed by atoms with Gasteiger partial charge in [-0.2, -0.15) is 0 Å². The summed E-state index contributed by atoms with van der Waals surface area (Å²) in [5.41, 5.74) is 1.14. The molecule has 1 aromatic rings. The molecule has 0 aliphatic carbocycles. The van der Waals surface area contributed by atoms with E-state index in [1.165, 1.54) is 0 Å². The third-order valence-corrected chi connectivity index (χ3v) is 2.24. The Balaban J connectivity index is 3.14. The number of benzene rings is 1. The van der Waals surface area contributed by atoms with Crippen LogP contribution < -0.4 is 4.74 Å². The van der Waals surface area contributed by atoms with Crippen molar-refractivity contribution in [2.45, 2.75) is 19.8 Å². The highest BCUT2D eigenvalue weighted by Crippen LogP contribution is 2.31. The predicted molar refractivity (Wildman–Crippen MR) is 52.1 cm³/mol. The Kier molecular flexibility index (Phi) is 2.99. The predicted octanol–water partition coefficient (Wildman–Crippen LogP) is 3.47. The highest BCUT2D eigenvalue weighted by Gasteiger charge is 2.08. The van der Waals surface area contributed by atoms with Crippen LogP contribution in [0.15, 0.2) is 18.2 Å². The molecule has 0 saturated carbocycles. The van der Waals surface area contributed by atoms with E-state index in [0.29, 0.717) is 5.92 Å². The Morgan fingerprint density at radius 1 is 1.33 bits per heavy atom. The van der Waals surface area contributed by atoms with Gasteiger partial charge in [-0.1, -0.05) is 37.6 Å². The highest BCUT2D eigenvalue weighted by atomic mass is 35.5. The van der Waals surface area contributed by atoms with Gasteiger partial charge in [-0.3, -0.25) is 0 Å². The van der Waals surface area contributed by atoms with Crippen LogP contribution in [0.1, 0.15) is 25.3 Å². The molecular formula is C10H13ClO. The molecule has 0 amide bonds. The maximum atomic E-state index is 6.08. The van der Waals surface area contributed by atoms with Gasteiger partial charge in [-0.05, 0) is 17.5 Å². The average Bonchev–Trinajstić information content (AvgIpc) is 2.04. The van der Waals surface area contributed by atoms with Gasteiger partial charge in [0.1, 0.15) is 5.75 Å². The molecule has 0 spiro atoms. The summed E-state index contributed by atoms with van der Waals surface area (Å²) in [6.45, 7) is 4.22. The molecule has 2 heteroatoms. The summed E-state index contributed by atoms with van der Waals surface area (Å²) in [5, 5.41) is 0.731. The molecule has 0 aliphatic rings. The molecule has 0 bridgehead atoms. The Labute approximate surface area is 78.3 Å². The average molecular weight is 185 g/mol. The van der Waals surface area contributed by atoms with Crippen molar-refractivity contribution in [2.24, 2.45) is 0 Å². The van der Waals surface area contributed by atoms with Gasteiger partial charge in [-0.15, -0.1) is 0 Å². The molecule has 0 aliphatic heterocycles. The van der Waals surface area contributed by atoms with E-state index in [2.05, 4.69) is 13.8 Å². The van der Waals surface area contributed by atoms with E-state index in [4.69, 9.17) is 16.3 Å². The number of halogens is 1. The first-order chi connectivity index (χ1) is 5.66. The Bertz CT molecular complexity index is 269. The van der Waals surface area contributed by atoms with E-state index in [1.807, 2.05) is 18.2 Å². The standard InChI is InChI=1S/C10H13ClO/c1-7(2)8-5-4-6-9(12-3)10(8)11/h4-7H,1-3H3. The second kappa shape index (κ2) is 3.81. The van der Waals surface area contributed by atoms with E-state index < -0.39 is 0 Å². The molecule has 1 aromatic carbocycles. The molecule has 1 rings (SSSR count). The number of hydrogen-bond donors (Lipinski definition) is 0. The summed E-state index contributed by atoms with van der Waals surface area (Å²) in [6.07, 6.45) is 0. The van der Waals surface area contributed by atoms with Crippen LogP contribution in [0.2, 0.25) is 5.02 Å². The molecule has 0 fully saturated rings. The summed E-state index contributed by atoms with van der Waals surface area (Å²) in [6, 6.07) is 5.85. The second-order valence-corrected chi connectivity index (χ2v) is 3.40. The molecule has 0 atom stereocenters. The number of rotatable bonds is 2. The minimum Gasteiger partial charge on any atom is -0.495 e. The van der Waals surface area contributed by atoms with Crippen LogP contribution in [0.3, 0.4) is 0 Å². The van der Waals surface area contributed by atoms with E-state index in [1.54, 1.807) is 7.11 Å². The van der Waals surface area contributed by atoms with Crippen molar-refractivity contribution in [3.63, 3.8) is 0 Å². The normalized spacial score (nSPS) is 10.4. The minimum absolute atomic E-state index is 0.438. The minimum atomic E-state index is 0.438. The zero-order valence-electron chi connectivity index (χ0n) is 7.60. The lowest BCUT2D eigenvalue weighted by atomic mass is 10.0. The van der Waals surface area contributed by atoms with Crippen LogP contribution in [0.5, 0.6) is 5.75 Å². The fourth-order valence-electron chi connectivity index (χ4n) is 1.13. The van der Waals surface area contributed by atoms with Gasteiger partial charge in [0.2, 0.25) is 0 Å². The maximum Gasteiger partial charge on any atom is 0.137 e. The van der Waals surface area contributed by atoms with Crippen LogP contribution in [-0.4, -0.2) is 7.11 Å². The Morgan fingerprint density at radius 2 is 2.00 bits per heavy atom. The second-order valence-electron chi connectivity index (χ2n) is 3.02. The van der Waals surface area contributed by atoms with Crippen molar-refractivity contribution in [3.8, 4) is 5.75 Å². The Morgan fingerprint density at radius 3 is 2.50 bits per heavy atom. The maximum absolute atomic E-state index is 6.08. The highest BCUT2D eigenvalue weighted by molar-refractivity contribution is 6.32. The van der Waals surface area contributed by atoms with Gasteiger partial charge in [0.05, 0.1) is 12.1 Å². The summed E-state index contributed by atoms with van der Waals surface area (Å²) >= 11 is 6.08. The lowest BCUT2D eigenvalue weighted by Crippen LogP contribution is -1.91. The molecule has 0 saturated heterocycles. The molecule has 12 heavy (non-hydrogen) atoms. The van der Waals surface area contributed by atoms with Crippen LogP contribution >= 0.6 is 11.6 Å². The van der Waals surface area contributed by atoms with Crippen molar-refractivity contribution in [1.82, 2.24) is 0 Å². The van der Waals surface area contributed by atoms with Crippen molar-refractivity contribution in [2.75, 3.05) is 7.11 Å². The van der Waals surface area contributed by atoms with Crippen molar-refractivity contribution in [1.29, 1.82) is 0 Å². The van der Waals surface area contributed by atoms with Gasteiger partial charge >= 0.3 is 0 Å². The number of ether oxygens (including phenoxy) is 1. The SMILES string of the molecule is COc1cccc(C(C)C)c1Cl. The van der Waals surface area contributed by atoms with Gasteiger partial charge in [0, 0.05) is 0 Å². The first-order valence-electron chi connectivity index (χ1n) is 3.99. The largest absolute Gasteiger partial charge is 0.495 e. The van der Waals surface area contributed by atoms with Crippen LogP contribution in [0.25, 0.3) is 0 Å². The van der Waals surface area contributed by atoms with Crippen molar-refractivity contribution in [3.05, 3.63) is 28.8 Å². The quantitative estimate of drug-likeness (QED) is 0.684. The molecule has 0 unspecified atom stereocenters. The lowest BCUT2D eigenvalue weighted by Gasteiger charge is -2.10. The molecule has 0 radical (unpaired) electrons. The fraction of sp³-hybridized carbons (Fsp3) is 0.400.